The molecule has 4 heterocycles. The van der Waals surface area contributed by atoms with Crippen LogP contribution in [0.3, 0.4) is 0 Å². The van der Waals surface area contributed by atoms with E-state index in [-0.39, 0.29) is 36.6 Å². The van der Waals surface area contributed by atoms with Gasteiger partial charge < -0.3 is 29.2 Å². The van der Waals surface area contributed by atoms with Crippen molar-refractivity contribution in [3.63, 3.8) is 0 Å². The van der Waals surface area contributed by atoms with Gasteiger partial charge in [0.2, 0.25) is 0 Å². The highest BCUT2D eigenvalue weighted by Crippen LogP contribution is 2.36. The zero-order valence-electron chi connectivity index (χ0n) is 37.5. The molecule has 2 atom stereocenters. The number of amides is 1. The van der Waals surface area contributed by atoms with E-state index in [2.05, 4.69) is 15.1 Å². The number of nitrogens with zero attached hydrogens (tertiary/aromatic N) is 5. The van der Waals surface area contributed by atoms with Gasteiger partial charge >= 0.3 is 5.97 Å². The van der Waals surface area contributed by atoms with Crippen LogP contribution >= 0.6 is 0 Å². The number of fused-ring (bicyclic) bond motifs is 3. The van der Waals surface area contributed by atoms with Crippen LogP contribution in [0.1, 0.15) is 68.0 Å². The van der Waals surface area contributed by atoms with Crippen molar-refractivity contribution in [3.8, 4) is 22.9 Å². The average molecular weight is 871 g/mol. The Hall–Kier alpha value is -5.76. The van der Waals surface area contributed by atoms with Gasteiger partial charge in [-0.1, -0.05) is 60.5 Å². The van der Waals surface area contributed by atoms with Crippen LogP contribution in [0.15, 0.2) is 95.8 Å². The Morgan fingerprint density at radius 3 is 2.38 bits per heavy atom. The SMILES string of the molecule is CCOc1ccccc1-n1c(CN2CCN(C(=O)COc3ccc(CNCCCN4C5CCCC4CC(OC(=O)Cc4cc(C)ccc4OC)C5)cc3)CC2)nc2ccccc2c1=O. The molecule has 0 spiro atoms. The van der Waals surface area contributed by atoms with Crippen molar-refractivity contribution in [2.24, 2.45) is 0 Å². The highest BCUT2D eigenvalue weighted by molar-refractivity contribution is 5.78. The van der Waals surface area contributed by atoms with E-state index in [1.807, 2.05) is 104 Å². The fourth-order valence-corrected chi connectivity index (χ4v) is 9.69. The molecule has 3 aliphatic rings. The molecule has 13 nitrogen and oxygen atoms in total. The molecule has 1 N–H and O–H groups in total. The highest BCUT2D eigenvalue weighted by Gasteiger charge is 2.39. The topological polar surface area (TPSA) is 128 Å². The molecule has 2 unspecified atom stereocenters. The Balaban J connectivity index is 0.746. The molecule has 2 bridgehead atoms. The fourth-order valence-electron chi connectivity index (χ4n) is 9.69. The highest BCUT2D eigenvalue weighted by atomic mass is 16.5. The van der Waals surface area contributed by atoms with Crippen LogP contribution in [0.5, 0.6) is 17.2 Å². The maximum Gasteiger partial charge on any atom is 0.310 e. The maximum absolute atomic E-state index is 13.9. The first-order valence-corrected chi connectivity index (χ1v) is 23.0. The molecule has 64 heavy (non-hydrogen) atoms. The number of esters is 1. The average Bonchev–Trinajstić information content (AvgIpc) is 3.29. The Morgan fingerprint density at radius 2 is 1.61 bits per heavy atom. The summed E-state index contributed by atoms with van der Waals surface area (Å²) in [5, 5.41) is 4.15. The Labute approximate surface area is 376 Å². The molecule has 3 aliphatic heterocycles. The first-order valence-electron chi connectivity index (χ1n) is 23.0. The number of piperazine rings is 1. The molecule has 0 aliphatic carbocycles. The second kappa shape index (κ2) is 21.3. The zero-order valence-corrected chi connectivity index (χ0v) is 37.5. The minimum atomic E-state index is -0.174. The van der Waals surface area contributed by atoms with E-state index in [9.17, 15) is 14.4 Å². The number of hydrogen-bond donors (Lipinski definition) is 1. The van der Waals surface area contributed by atoms with Crippen molar-refractivity contribution >= 4 is 22.8 Å². The van der Waals surface area contributed by atoms with Crippen LogP contribution < -0.4 is 25.1 Å². The van der Waals surface area contributed by atoms with Crippen molar-refractivity contribution in [1.82, 2.24) is 29.6 Å². The van der Waals surface area contributed by atoms with Gasteiger partial charge in [0, 0.05) is 63.2 Å². The van der Waals surface area contributed by atoms with E-state index < -0.39 is 0 Å². The molecular weight excluding hydrogens is 809 g/mol. The molecule has 4 aromatic carbocycles. The van der Waals surface area contributed by atoms with Crippen LogP contribution in [0.25, 0.3) is 16.6 Å². The lowest BCUT2D eigenvalue weighted by Crippen LogP contribution is -2.54. The zero-order chi connectivity index (χ0) is 44.4. The molecular formula is C51H62N6O7. The first-order chi connectivity index (χ1) is 31.3. The number of nitrogens with one attached hydrogen (secondary N) is 1. The van der Waals surface area contributed by atoms with Crippen molar-refractivity contribution in [2.45, 2.75) is 90.1 Å². The Kier molecular flexibility index (Phi) is 14.9. The van der Waals surface area contributed by atoms with Gasteiger partial charge in [-0.3, -0.25) is 28.8 Å². The van der Waals surface area contributed by atoms with Gasteiger partial charge in [-0.25, -0.2) is 4.98 Å². The summed E-state index contributed by atoms with van der Waals surface area (Å²) in [6.07, 6.45) is 6.60. The third-order valence-electron chi connectivity index (χ3n) is 12.9. The standard InChI is InChI=1S/C51H62N6O7/c1-4-62-47-16-8-7-15-45(47)57-48(53-44-14-6-5-13-43(44)51(57)60)34-54-25-27-55(28-26-54)49(58)35-63-41-20-18-37(19-21-41)33-52-23-10-24-56-39-11-9-12-40(56)32-42(31-39)64-50(59)30-38-29-36(2)17-22-46(38)61-3/h5-8,13-22,29,39-40,42,52H,4,9-12,23-28,30-35H2,1-3H3. The molecule has 0 radical (unpaired) electrons. The summed E-state index contributed by atoms with van der Waals surface area (Å²) >= 11 is 0. The van der Waals surface area contributed by atoms with Gasteiger partial charge in [0.05, 0.1) is 43.3 Å². The van der Waals surface area contributed by atoms with Gasteiger partial charge in [-0.2, -0.15) is 0 Å². The summed E-state index contributed by atoms with van der Waals surface area (Å²) in [6.45, 7) is 9.95. The van der Waals surface area contributed by atoms with Crippen LogP contribution in [-0.4, -0.2) is 114 Å². The van der Waals surface area contributed by atoms with Crippen molar-refractivity contribution in [3.05, 3.63) is 124 Å². The number of carbonyl (C=O) groups is 2. The molecule has 0 saturated carbocycles. The van der Waals surface area contributed by atoms with E-state index in [1.54, 1.807) is 17.7 Å². The summed E-state index contributed by atoms with van der Waals surface area (Å²) in [5.41, 5.74) is 4.32. The normalized spacial score (nSPS) is 19.0. The van der Waals surface area contributed by atoms with Gasteiger partial charge in [-0.05, 0) is 94.2 Å². The molecule has 338 valence electrons. The number of aryl methyl sites for hydroxylation is 1. The smallest absolute Gasteiger partial charge is 0.310 e. The lowest BCUT2D eigenvalue weighted by molar-refractivity contribution is -0.154. The lowest BCUT2D eigenvalue weighted by Gasteiger charge is -2.48. The summed E-state index contributed by atoms with van der Waals surface area (Å²) in [5.74, 6) is 2.43. The minimum Gasteiger partial charge on any atom is -0.496 e. The quantitative estimate of drug-likeness (QED) is 0.0769. The van der Waals surface area contributed by atoms with Gasteiger partial charge in [0.15, 0.2) is 6.61 Å². The maximum atomic E-state index is 13.9. The summed E-state index contributed by atoms with van der Waals surface area (Å²) in [6, 6.07) is 29.8. The van der Waals surface area contributed by atoms with Crippen molar-refractivity contribution in [1.29, 1.82) is 0 Å². The number of carbonyl (C=O) groups excluding carboxylic acids is 2. The van der Waals surface area contributed by atoms with Crippen LogP contribution in [-0.2, 0) is 33.8 Å². The number of aromatic nitrogens is 2. The molecule has 1 aromatic heterocycles. The number of rotatable bonds is 18. The largest absolute Gasteiger partial charge is 0.496 e. The molecule has 3 saturated heterocycles. The fraction of sp³-hybridized carbons (Fsp3) is 0.451. The molecule has 5 aromatic rings. The van der Waals surface area contributed by atoms with Crippen LogP contribution in [0, 0.1) is 6.92 Å². The number of ether oxygens (including phenoxy) is 4. The molecule has 13 heteroatoms. The number of piperidine rings is 2. The van der Waals surface area contributed by atoms with E-state index in [0.717, 1.165) is 74.2 Å². The molecule has 1 amide bonds. The number of hydrogen-bond acceptors (Lipinski definition) is 11. The van der Waals surface area contributed by atoms with E-state index in [1.165, 1.54) is 6.42 Å². The number of benzene rings is 4. The number of methoxy groups -OCH3 is 1. The molecule has 3 fully saturated rings. The van der Waals surface area contributed by atoms with Crippen molar-refractivity contribution in [2.75, 3.05) is 59.6 Å². The predicted molar refractivity (Wildman–Crippen MR) is 247 cm³/mol. The first kappa shape index (κ1) is 44.8. The van der Waals surface area contributed by atoms with Crippen LogP contribution in [0.4, 0.5) is 0 Å². The van der Waals surface area contributed by atoms with Gasteiger partial charge in [0.1, 0.15) is 29.2 Å². The third kappa shape index (κ3) is 10.9. The summed E-state index contributed by atoms with van der Waals surface area (Å²) in [7, 11) is 1.64. The van der Waals surface area contributed by atoms with E-state index >= 15 is 0 Å². The number of para-hydroxylation sites is 3. The van der Waals surface area contributed by atoms with E-state index in [0.29, 0.717) is 85.3 Å². The monoisotopic (exact) mass is 870 g/mol. The second-order valence-corrected chi connectivity index (χ2v) is 17.3. The van der Waals surface area contributed by atoms with E-state index in [4.69, 9.17) is 23.9 Å². The lowest BCUT2D eigenvalue weighted by atomic mass is 9.82. The van der Waals surface area contributed by atoms with Crippen LogP contribution in [0.2, 0.25) is 0 Å². The second-order valence-electron chi connectivity index (χ2n) is 17.3. The Morgan fingerprint density at radius 1 is 0.859 bits per heavy atom. The van der Waals surface area contributed by atoms with Crippen molar-refractivity contribution < 1.29 is 28.5 Å². The molecule has 8 rings (SSSR count). The predicted octanol–water partition coefficient (Wildman–Crippen LogP) is 6.48. The van der Waals surface area contributed by atoms with Gasteiger partial charge in [-0.15, -0.1) is 0 Å². The minimum absolute atomic E-state index is 0.0259. The Bertz CT molecular complexity index is 2420. The summed E-state index contributed by atoms with van der Waals surface area (Å²) < 4.78 is 25.0. The van der Waals surface area contributed by atoms with Gasteiger partial charge in [0.25, 0.3) is 11.5 Å². The third-order valence-corrected chi connectivity index (χ3v) is 12.9. The summed E-state index contributed by atoms with van der Waals surface area (Å²) in [4.78, 5) is 51.8.